The van der Waals surface area contributed by atoms with Gasteiger partial charge in [0.2, 0.25) is 0 Å². The number of aromatic nitrogens is 2. The average Bonchev–Trinajstić information content (AvgIpc) is 2.91. The lowest BCUT2D eigenvalue weighted by atomic mass is 9.85. The number of aromatic amines is 1. The van der Waals surface area contributed by atoms with Gasteiger partial charge in [-0.25, -0.2) is 18.3 Å². The van der Waals surface area contributed by atoms with Crippen LogP contribution in [-0.2, 0) is 17.6 Å². The van der Waals surface area contributed by atoms with Crippen LogP contribution in [-0.4, -0.2) is 27.9 Å². The third kappa shape index (κ3) is 7.56. The molecule has 0 atom stereocenters. The van der Waals surface area contributed by atoms with Crippen molar-refractivity contribution in [2.75, 3.05) is 6.61 Å². The molecule has 0 unspecified atom stereocenters. The van der Waals surface area contributed by atoms with Gasteiger partial charge in [-0.3, -0.25) is 9.59 Å². The number of halogens is 3. The summed E-state index contributed by atoms with van der Waals surface area (Å²) in [6.45, 7) is 0.202. The highest BCUT2D eigenvalue weighted by atomic mass is 19.1. The Morgan fingerprint density at radius 1 is 0.846 bits per heavy atom. The second-order valence-corrected chi connectivity index (χ2v) is 9.13. The molecule has 0 aliphatic rings. The molecule has 4 rings (SSSR count). The largest absolute Gasteiger partial charge is 0.494 e. The van der Waals surface area contributed by atoms with Crippen molar-refractivity contribution in [1.29, 1.82) is 0 Å². The van der Waals surface area contributed by atoms with Gasteiger partial charge in [0.15, 0.2) is 0 Å². The maximum absolute atomic E-state index is 14.5. The van der Waals surface area contributed by atoms with Gasteiger partial charge in [-0.2, -0.15) is 5.10 Å². The number of carboxylic acid groups (broad SMARTS) is 1. The van der Waals surface area contributed by atoms with Crippen molar-refractivity contribution in [3.8, 4) is 5.75 Å². The number of nitrogens with zero attached hydrogens (tertiary/aromatic N) is 1. The van der Waals surface area contributed by atoms with E-state index in [1.54, 1.807) is 30.3 Å². The minimum Gasteiger partial charge on any atom is -0.494 e. The molecular weight excluding hydrogens is 509 g/mol. The highest BCUT2D eigenvalue weighted by Crippen LogP contribution is 2.33. The molecule has 9 heteroatoms. The van der Waals surface area contributed by atoms with Crippen LogP contribution in [0.1, 0.15) is 53.1 Å². The summed E-state index contributed by atoms with van der Waals surface area (Å²) in [6.07, 6.45) is 1.55. The first-order chi connectivity index (χ1) is 18.8. The number of aryl methyl sites for hydroxylation is 2. The van der Waals surface area contributed by atoms with Crippen molar-refractivity contribution in [3.63, 3.8) is 0 Å². The number of H-pyrrole nitrogens is 1. The summed E-state index contributed by atoms with van der Waals surface area (Å²) in [5, 5.41) is 15.5. The van der Waals surface area contributed by atoms with Gasteiger partial charge in [-0.05, 0) is 90.4 Å². The Morgan fingerprint density at radius 3 is 2.08 bits per heavy atom. The zero-order chi connectivity index (χ0) is 27.8. The van der Waals surface area contributed by atoms with Gasteiger partial charge in [0.1, 0.15) is 23.2 Å². The molecule has 1 aromatic heterocycles. The van der Waals surface area contributed by atoms with Gasteiger partial charge in [0.05, 0.1) is 18.2 Å². The molecule has 0 saturated carbocycles. The molecule has 0 radical (unpaired) electrons. The maximum Gasteiger partial charge on any atom is 0.303 e. The van der Waals surface area contributed by atoms with Gasteiger partial charge in [-0.1, -0.05) is 24.3 Å². The standard InChI is InChI=1S/C30H27F3N2O4/c31-23-10-6-19(7-11-23)29(20-8-12-24(32)13-9-20)30-22(18-27(36)34-35-30)4-1-3-21-17-25(14-15-26(21)33)39-16-2-5-28(37)38/h6-15,17-18,29H,1-5,16H2,(H,34,36)(H,37,38). The SMILES string of the molecule is O=C(O)CCCOc1ccc(F)c(CCCc2cc(=O)[nH]nc2C(c2ccc(F)cc2)c2ccc(F)cc2)c1. The van der Waals surface area contributed by atoms with Gasteiger partial charge < -0.3 is 9.84 Å². The number of aliphatic carboxylic acids is 1. The quantitative estimate of drug-likeness (QED) is 0.224. The Balaban J connectivity index is 1.55. The van der Waals surface area contributed by atoms with Crippen molar-refractivity contribution >= 4 is 5.97 Å². The van der Waals surface area contributed by atoms with E-state index in [0.717, 1.165) is 0 Å². The maximum atomic E-state index is 14.5. The molecule has 39 heavy (non-hydrogen) atoms. The topological polar surface area (TPSA) is 92.3 Å². The summed E-state index contributed by atoms with van der Waals surface area (Å²) < 4.78 is 47.4. The van der Waals surface area contributed by atoms with Crippen molar-refractivity contribution in [2.45, 2.75) is 38.0 Å². The predicted molar refractivity (Wildman–Crippen MR) is 139 cm³/mol. The van der Waals surface area contributed by atoms with Crippen molar-refractivity contribution in [1.82, 2.24) is 10.2 Å². The van der Waals surface area contributed by atoms with Crippen LogP contribution >= 0.6 is 0 Å². The van der Waals surface area contributed by atoms with Crippen LogP contribution in [0.4, 0.5) is 13.2 Å². The summed E-state index contributed by atoms with van der Waals surface area (Å²) in [4.78, 5) is 22.9. The number of carboxylic acids is 1. The number of benzene rings is 3. The summed E-state index contributed by atoms with van der Waals surface area (Å²) in [6, 6.07) is 17.6. The van der Waals surface area contributed by atoms with Crippen molar-refractivity contribution in [2.24, 2.45) is 0 Å². The van der Waals surface area contributed by atoms with Gasteiger partial charge >= 0.3 is 5.97 Å². The predicted octanol–water partition coefficient (Wildman–Crippen LogP) is 5.79. The minimum absolute atomic E-state index is 0.0164. The number of carbonyl (C=O) groups is 1. The van der Waals surface area contributed by atoms with Crippen LogP contribution in [0.3, 0.4) is 0 Å². The normalized spacial score (nSPS) is 11.1. The molecule has 2 N–H and O–H groups in total. The number of ether oxygens (including phenoxy) is 1. The molecular formula is C30H27F3N2O4. The molecule has 3 aromatic carbocycles. The molecule has 0 bridgehead atoms. The molecule has 0 amide bonds. The zero-order valence-electron chi connectivity index (χ0n) is 21.0. The molecule has 6 nitrogen and oxygen atoms in total. The summed E-state index contributed by atoms with van der Waals surface area (Å²) in [5.74, 6) is -2.16. The molecule has 0 fully saturated rings. The Morgan fingerprint density at radius 2 is 1.46 bits per heavy atom. The van der Waals surface area contributed by atoms with E-state index in [0.29, 0.717) is 59.4 Å². The minimum atomic E-state index is -0.909. The first-order valence-electron chi connectivity index (χ1n) is 12.5. The van der Waals surface area contributed by atoms with E-state index < -0.39 is 34.9 Å². The fourth-order valence-corrected chi connectivity index (χ4v) is 4.44. The lowest BCUT2D eigenvalue weighted by Crippen LogP contribution is -2.17. The van der Waals surface area contributed by atoms with E-state index in [4.69, 9.17) is 9.84 Å². The van der Waals surface area contributed by atoms with E-state index >= 15 is 0 Å². The monoisotopic (exact) mass is 536 g/mol. The zero-order valence-corrected chi connectivity index (χ0v) is 21.0. The lowest BCUT2D eigenvalue weighted by Gasteiger charge is -2.20. The summed E-state index contributed by atoms with van der Waals surface area (Å²) >= 11 is 0. The third-order valence-electron chi connectivity index (χ3n) is 6.31. The molecule has 0 spiro atoms. The van der Waals surface area contributed by atoms with Crippen LogP contribution in [0, 0.1) is 17.5 Å². The van der Waals surface area contributed by atoms with Gasteiger partial charge in [-0.15, -0.1) is 0 Å². The second kappa shape index (κ2) is 12.9. The Bertz CT molecular complexity index is 1430. The van der Waals surface area contributed by atoms with Gasteiger partial charge in [0.25, 0.3) is 5.56 Å². The van der Waals surface area contributed by atoms with E-state index in [1.165, 1.54) is 42.5 Å². The van der Waals surface area contributed by atoms with Crippen LogP contribution in [0.5, 0.6) is 5.75 Å². The fourth-order valence-electron chi connectivity index (χ4n) is 4.44. The van der Waals surface area contributed by atoms with E-state index in [2.05, 4.69) is 10.2 Å². The highest BCUT2D eigenvalue weighted by Gasteiger charge is 2.22. The number of hydrogen-bond donors (Lipinski definition) is 2. The summed E-state index contributed by atoms with van der Waals surface area (Å²) in [5.41, 5.74) is 2.63. The molecule has 202 valence electrons. The van der Waals surface area contributed by atoms with Crippen LogP contribution in [0.15, 0.2) is 77.6 Å². The van der Waals surface area contributed by atoms with E-state index in [9.17, 15) is 22.8 Å². The molecule has 0 saturated heterocycles. The first kappa shape index (κ1) is 27.6. The van der Waals surface area contributed by atoms with Crippen molar-refractivity contribution in [3.05, 3.63) is 129 Å². The number of nitrogens with one attached hydrogen (secondary N) is 1. The Labute approximate surface area is 223 Å². The highest BCUT2D eigenvalue weighted by molar-refractivity contribution is 5.66. The average molecular weight is 537 g/mol. The van der Waals surface area contributed by atoms with E-state index in [-0.39, 0.29) is 13.0 Å². The molecule has 1 heterocycles. The number of rotatable bonds is 12. The van der Waals surface area contributed by atoms with Gasteiger partial charge in [0, 0.05) is 12.5 Å². The van der Waals surface area contributed by atoms with E-state index in [1.807, 2.05) is 0 Å². The van der Waals surface area contributed by atoms with Crippen LogP contribution in [0.2, 0.25) is 0 Å². The summed E-state index contributed by atoms with van der Waals surface area (Å²) in [7, 11) is 0. The molecule has 4 aromatic rings. The lowest BCUT2D eigenvalue weighted by molar-refractivity contribution is -0.137. The molecule has 0 aliphatic heterocycles. The van der Waals surface area contributed by atoms with Crippen molar-refractivity contribution < 1.29 is 27.8 Å². The Hall–Kier alpha value is -4.40. The third-order valence-corrected chi connectivity index (χ3v) is 6.31. The first-order valence-corrected chi connectivity index (χ1v) is 12.5. The Kier molecular flexibility index (Phi) is 9.14. The van der Waals surface area contributed by atoms with Crippen LogP contribution < -0.4 is 10.3 Å². The fraction of sp³-hybridized carbons (Fsp3) is 0.233. The molecule has 0 aliphatic carbocycles. The second-order valence-electron chi connectivity index (χ2n) is 9.13. The number of hydrogen-bond acceptors (Lipinski definition) is 4. The smallest absolute Gasteiger partial charge is 0.303 e. The van der Waals surface area contributed by atoms with Crippen LogP contribution in [0.25, 0.3) is 0 Å².